The maximum Gasteiger partial charge on any atom is 0.0331 e. The van der Waals surface area contributed by atoms with E-state index in [1.807, 2.05) is 0 Å². The first kappa shape index (κ1) is 14.5. The van der Waals surface area contributed by atoms with Crippen molar-refractivity contribution in [2.75, 3.05) is 26.2 Å². The van der Waals surface area contributed by atoms with Crippen LogP contribution in [0.2, 0.25) is 0 Å². The molecule has 3 heteroatoms. The van der Waals surface area contributed by atoms with Crippen molar-refractivity contribution in [3.05, 3.63) is 0 Å². The minimum Gasteiger partial charge on any atom is -0.304 e. The van der Waals surface area contributed by atoms with E-state index in [-0.39, 0.29) is 0 Å². The average molecular weight is 291 g/mol. The first-order chi connectivity index (χ1) is 10.2. The largest absolute Gasteiger partial charge is 0.304 e. The topological polar surface area (TPSA) is 27.3 Å². The Labute approximate surface area is 130 Å². The number of rotatable bonds is 5. The minimum atomic E-state index is 0.471. The summed E-state index contributed by atoms with van der Waals surface area (Å²) >= 11 is 0. The van der Waals surface area contributed by atoms with E-state index in [1.54, 1.807) is 0 Å². The number of likely N-dealkylation sites (tertiary alicyclic amines) is 1. The van der Waals surface area contributed by atoms with Crippen LogP contribution in [0.25, 0.3) is 0 Å². The summed E-state index contributed by atoms with van der Waals surface area (Å²) in [7, 11) is 0. The Hall–Kier alpha value is -0.120. The third-order valence-electron chi connectivity index (χ3n) is 6.94. The highest BCUT2D eigenvalue weighted by molar-refractivity contribution is 5.05. The molecule has 4 saturated carbocycles. The molecule has 0 aromatic heterocycles. The highest BCUT2D eigenvalue weighted by Gasteiger charge is 2.50. The van der Waals surface area contributed by atoms with Crippen LogP contribution in [0.5, 0.6) is 0 Å². The standard InChI is InChI=1S/C18H33N3/c1-2-21-5-3-14(4-6-21)13-19-20-18-10-15-7-16(11-18)9-17(8-15)12-18/h14-17,19-20H,2-13H2,1H3. The summed E-state index contributed by atoms with van der Waals surface area (Å²) in [6.07, 6.45) is 11.7. The Morgan fingerprint density at radius 3 is 2.05 bits per heavy atom. The van der Waals surface area contributed by atoms with Gasteiger partial charge in [0.1, 0.15) is 0 Å². The number of hydrazine groups is 1. The van der Waals surface area contributed by atoms with Crippen LogP contribution in [0.15, 0.2) is 0 Å². The Bertz CT molecular complexity index is 324. The van der Waals surface area contributed by atoms with E-state index in [9.17, 15) is 0 Å². The lowest BCUT2D eigenvalue weighted by atomic mass is 9.53. The summed E-state index contributed by atoms with van der Waals surface area (Å²) in [4.78, 5) is 2.59. The number of hydrogen-bond donors (Lipinski definition) is 2. The van der Waals surface area contributed by atoms with Gasteiger partial charge in [0.25, 0.3) is 0 Å². The van der Waals surface area contributed by atoms with Gasteiger partial charge >= 0.3 is 0 Å². The third-order valence-corrected chi connectivity index (χ3v) is 6.94. The van der Waals surface area contributed by atoms with Gasteiger partial charge in [-0.3, -0.25) is 10.9 Å². The van der Waals surface area contributed by atoms with E-state index in [0.717, 1.165) is 23.7 Å². The van der Waals surface area contributed by atoms with Crippen LogP contribution < -0.4 is 10.9 Å². The second-order valence-corrected chi connectivity index (χ2v) is 8.58. The highest BCUT2D eigenvalue weighted by atomic mass is 15.4. The van der Waals surface area contributed by atoms with E-state index in [0.29, 0.717) is 5.54 Å². The SMILES string of the molecule is CCN1CCC(CNNC23CC4CC(CC(C4)C2)C3)CC1. The maximum absolute atomic E-state index is 3.84. The Balaban J connectivity index is 1.24. The van der Waals surface area contributed by atoms with Gasteiger partial charge in [-0.15, -0.1) is 0 Å². The zero-order valence-electron chi connectivity index (χ0n) is 13.7. The van der Waals surface area contributed by atoms with Gasteiger partial charge < -0.3 is 4.90 Å². The van der Waals surface area contributed by atoms with Crippen molar-refractivity contribution >= 4 is 0 Å². The van der Waals surface area contributed by atoms with Crippen LogP contribution in [0, 0.1) is 23.7 Å². The van der Waals surface area contributed by atoms with Crippen molar-refractivity contribution in [1.82, 2.24) is 15.8 Å². The molecule has 4 bridgehead atoms. The first-order valence-corrected chi connectivity index (χ1v) is 9.47. The van der Waals surface area contributed by atoms with Crippen LogP contribution >= 0.6 is 0 Å². The van der Waals surface area contributed by atoms with Gasteiger partial charge in [0.2, 0.25) is 0 Å². The summed E-state index contributed by atoms with van der Waals surface area (Å²) in [6, 6.07) is 0. The Kier molecular flexibility index (Phi) is 4.01. The molecule has 5 aliphatic rings. The molecule has 0 unspecified atom stereocenters. The normalized spacial score (nSPS) is 43.6. The van der Waals surface area contributed by atoms with Gasteiger partial charge in [-0.25, -0.2) is 0 Å². The van der Waals surface area contributed by atoms with Crippen LogP contribution in [-0.2, 0) is 0 Å². The van der Waals surface area contributed by atoms with Gasteiger partial charge in [0.15, 0.2) is 0 Å². The molecule has 3 nitrogen and oxygen atoms in total. The number of hydrogen-bond acceptors (Lipinski definition) is 3. The van der Waals surface area contributed by atoms with Gasteiger partial charge in [-0.05, 0) is 94.7 Å². The van der Waals surface area contributed by atoms with Crippen molar-refractivity contribution in [3.8, 4) is 0 Å². The zero-order chi connectivity index (χ0) is 14.3. The molecule has 0 atom stereocenters. The van der Waals surface area contributed by atoms with Crippen LogP contribution in [0.3, 0.4) is 0 Å². The summed E-state index contributed by atoms with van der Waals surface area (Å²) in [5.41, 5.74) is 7.98. The highest BCUT2D eigenvalue weighted by Crippen LogP contribution is 2.55. The van der Waals surface area contributed by atoms with E-state index in [4.69, 9.17) is 0 Å². The maximum atomic E-state index is 3.84. The second kappa shape index (κ2) is 5.82. The van der Waals surface area contributed by atoms with Crippen molar-refractivity contribution in [1.29, 1.82) is 0 Å². The molecule has 120 valence electrons. The van der Waals surface area contributed by atoms with Crippen molar-refractivity contribution in [3.63, 3.8) is 0 Å². The molecule has 1 heterocycles. The number of nitrogens with one attached hydrogen (secondary N) is 2. The average Bonchev–Trinajstić information content (AvgIpc) is 2.46. The second-order valence-electron chi connectivity index (χ2n) is 8.58. The molecule has 21 heavy (non-hydrogen) atoms. The minimum absolute atomic E-state index is 0.471. The Morgan fingerprint density at radius 2 is 1.52 bits per heavy atom. The van der Waals surface area contributed by atoms with E-state index in [1.165, 1.54) is 77.5 Å². The summed E-state index contributed by atoms with van der Waals surface area (Å²) < 4.78 is 0. The molecule has 0 radical (unpaired) electrons. The van der Waals surface area contributed by atoms with Crippen molar-refractivity contribution in [2.24, 2.45) is 23.7 Å². The lowest BCUT2D eigenvalue weighted by Gasteiger charge is -2.57. The van der Waals surface area contributed by atoms with Crippen LogP contribution in [0.1, 0.15) is 58.3 Å². The molecular formula is C18H33N3. The smallest absolute Gasteiger partial charge is 0.0331 e. The monoisotopic (exact) mass is 291 g/mol. The molecule has 4 aliphatic carbocycles. The van der Waals surface area contributed by atoms with Gasteiger partial charge in [0.05, 0.1) is 0 Å². The lowest BCUT2D eigenvalue weighted by molar-refractivity contribution is -0.0278. The predicted molar refractivity (Wildman–Crippen MR) is 86.9 cm³/mol. The summed E-state index contributed by atoms with van der Waals surface area (Å²) in [5, 5.41) is 0. The molecule has 2 N–H and O–H groups in total. The fraction of sp³-hybridized carbons (Fsp3) is 1.00. The van der Waals surface area contributed by atoms with E-state index < -0.39 is 0 Å². The first-order valence-electron chi connectivity index (χ1n) is 9.47. The molecule has 1 aliphatic heterocycles. The molecular weight excluding hydrogens is 258 g/mol. The van der Waals surface area contributed by atoms with Gasteiger partial charge in [0, 0.05) is 12.1 Å². The predicted octanol–water partition coefficient (Wildman–Crippen LogP) is 2.78. The summed E-state index contributed by atoms with van der Waals surface area (Å²) in [6.45, 7) is 7.30. The molecule has 0 aromatic rings. The zero-order valence-corrected chi connectivity index (χ0v) is 13.7. The van der Waals surface area contributed by atoms with Gasteiger partial charge in [-0.2, -0.15) is 0 Å². The van der Waals surface area contributed by atoms with E-state index >= 15 is 0 Å². The fourth-order valence-corrected chi connectivity index (χ4v) is 6.15. The lowest BCUT2D eigenvalue weighted by Crippen LogP contribution is -2.62. The van der Waals surface area contributed by atoms with Crippen LogP contribution in [0.4, 0.5) is 0 Å². The van der Waals surface area contributed by atoms with Crippen molar-refractivity contribution in [2.45, 2.75) is 63.8 Å². The van der Waals surface area contributed by atoms with Gasteiger partial charge in [-0.1, -0.05) is 6.92 Å². The molecule has 5 fully saturated rings. The fourth-order valence-electron chi connectivity index (χ4n) is 6.15. The molecule has 0 aromatic carbocycles. The molecule has 0 amide bonds. The molecule has 1 saturated heterocycles. The number of nitrogens with zero attached hydrogens (tertiary/aromatic N) is 1. The molecule has 0 spiro atoms. The summed E-state index contributed by atoms with van der Waals surface area (Å²) in [5.74, 6) is 4.00. The van der Waals surface area contributed by atoms with E-state index in [2.05, 4.69) is 22.7 Å². The quantitative estimate of drug-likeness (QED) is 0.763. The Morgan fingerprint density at radius 1 is 0.952 bits per heavy atom. The number of piperidine rings is 1. The molecule has 5 rings (SSSR count). The van der Waals surface area contributed by atoms with Crippen molar-refractivity contribution < 1.29 is 0 Å². The van der Waals surface area contributed by atoms with Crippen LogP contribution in [-0.4, -0.2) is 36.6 Å². The third kappa shape index (κ3) is 3.02.